The first-order chi connectivity index (χ1) is 10.8. The number of nitrogens with zero attached hydrogens (tertiary/aromatic N) is 2. The fourth-order valence-electron chi connectivity index (χ4n) is 4.93. The van der Waals surface area contributed by atoms with E-state index in [1.54, 1.807) is 0 Å². The Kier molecular flexibility index (Phi) is 3.28. The lowest BCUT2D eigenvalue weighted by Gasteiger charge is -2.57. The molecular weight excluding hydrogens is 268 g/mol. The highest BCUT2D eigenvalue weighted by Gasteiger charge is 2.45. The molecule has 1 heterocycles. The summed E-state index contributed by atoms with van der Waals surface area (Å²) in [7, 11) is 0. The molecule has 1 saturated carbocycles. The van der Waals surface area contributed by atoms with Crippen molar-refractivity contribution in [2.45, 2.75) is 51.6 Å². The largest absolute Gasteiger partial charge is 0.348 e. The third-order valence-corrected chi connectivity index (χ3v) is 5.73. The third kappa shape index (κ3) is 1.73. The van der Waals surface area contributed by atoms with E-state index in [0.717, 1.165) is 13.1 Å². The number of benzene rings is 2. The lowest BCUT2D eigenvalue weighted by molar-refractivity contribution is 0.263. The molecule has 2 aliphatic rings. The highest BCUT2D eigenvalue weighted by molar-refractivity contribution is 6.06. The van der Waals surface area contributed by atoms with Crippen LogP contribution in [0.1, 0.15) is 46.0 Å². The standard InChI is InChI=1S/C20H26N2/c1-3-21-17-12-8-10-16-11-9-13-18(19(16)17)22(4-2)20(21)14-6-5-7-15-20/h8-13H,3-7,14-15H2,1-2H3. The van der Waals surface area contributed by atoms with Crippen LogP contribution < -0.4 is 9.80 Å². The Morgan fingerprint density at radius 2 is 1.36 bits per heavy atom. The first-order valence-electron chi connectivity index (χ1n) is 8.89. The summed E-state index contributed by atoms with van der Waals surface area (Å²) in [6.07, 6.45) is 6.68. The molecule has 0 N–H and O–H groups in total. The molecule has 0 atom stereocenters. The maximum Gasteiger partial charge on any atom is 0.113 e. The maximum absolute atomic E-state index is 2.70. The minimum absolute atomic E-state index is 0.199. The van der Waals surface area contributed by atoms with E-state index in [4.69, 9.17) is 0 Å². The van der Waals surface area contributed by atoms with Gasteiger partial charge in [0.1, 0.15) is 5.66 Å². The Balaban J connectivity index is 2.01. The van der Waals surface area contributed by atoms with Gasteiger partial charge < -0.3 is 9.80 Å². The third-order valence-electron chi connectivity index (χ3n) is 5.73. The Hall–Kier alpha value is -1.70. The second-order valence-electron chi connectivity index (χ2n) is 6.68. The zero-order chi connectivity index (χ0) is 15.2. The van der Waals surface area contributed by atoms with Crippen molar-refractivity contribution in [3.8, 4) is 0 Å². The molecule has 1 aliphatic carbocycles. The predicted molar refractivity (Wildman–Crippen MR) is 95.8 cm³/mol. The quantitative estimate of drug-likeness (QED) is 0.754. The van der Waals surface area contributed by atoms with Crippen molar-refractivity contribution in [2.24, 2.45) is 0 Å². The maximum atomic E-state index is 2.70. The van der Waals surface area contributed by atoms with Gasteiger partial charge in [0.25, 0.3) is 0 Å². The van der Waals surface area contributed by atoms with Crippen molar-refractivity contribution in [2.75, 3.05) is 22.9 Å². The van der Waals surface area contributed by atoms with Crippen LogP contribution in [-0.4, -0.2) is 18.8 Å². The van der Waals surface area contributed by atoms with E-state index in [1.165, 1.54) is 54.3 Å². The van der Waals surface area contributed by atoms with Gasteiger partial charge in [0.15, 0.2) is 0 Å². The molecule has 0 amide bonds. The Labute approximate surface area is 133 Å². The average molecular weight is 294 g/mol. The fraction of sp³-hybridized carbons (Fsp3) is 0.500. The minimum atomic E-state index is 0.199. The van der Waals surface area contributed by atoms with E-state index >= 15 is 0 Å². The molecule has 0 radical (unpaired) electrons. The Morgan fingerprint density at radius 1 is 0.818 bits per heavy atom. The summed E-state index contributed by atoms with van der Waals surface area (Å²) in [5.41, 5.74) is 3.09. The summed E-state index contributed by atoms with van der Waals surface area (Å²) in [4.78, 5) is 5.40. The molecule has 116 valence electrons. The van der Waals surface area contributed by atoms with Gasteiger partial charge in [-0.2, -0.15) is 0 Å². The summed E-state index contributed by atoms with van der Waals surface area (Å²) >= 11 is 0. The Morgan fingerprint density at radius 3 is 1.86 bits per heavy atom. The molecule has 2 nitrogen and oxygen atoms in total. The van der Waals surface area contributed by atoms with Gasteiger partial charge in [-0.15, -0.1) is 0 Å². The summed E-state index contributed by atoms with van der Waals surface area (Å²) < 4.78 is 0. The number of rotatable bonds is 2. The number of anilines is 2. The molecule has 1 spiro atoms. The molecule has 4 rings (SSSR count). The molecule has 2 heteroatoms. The van der Waals surface area contributed by atoms with Gasteiger partial charge in [-0.05, 0) is 57.0 Å². The van der Waals surface area contributed by atoms with Crippen LogP contribution in [0.15, 0.2) is 36.4 Å². The van der Waals surface area contributed by atoms with Gasteiger partial charge in [-0.1, -0.05) is 30.7 Å². The van der Waals surface area contributed by atoms with Crippen LogP contribution in [0.2, 0.25) is 0 Å². The highest BCUT2D eigenvalue weighted by Crippen LogP contribution is 2.50. The highest BCUT2D eigenvalue weighted by atomic mass is 15.4. The van der Waals surface area contributed by atoms with E-state index in [-0.39, 0.29) is 5.66 Å². The molecule has 0 aromatic heterocycles. The topological polar surface area (TPSA) is 6.48 Å². The first-order valence-corrected chi connectivity index (χ1v) is 8.89. The van der Waals surface area contributed by atoms with Crippen molar-refractivity contribution in [3.05, 3.63) is 36.4 Å². The van der Waals surface area contributed by atoms with Crippen LogP contribution in [0.5, 0.6) is 0 Å². The Bertz CT molecular complexity index is 636. The van der Waals surface area contributed by atoms with Gasteiger partial charge in [0.2, 0.25) is 0 Å². The second kappa shape index (κ2) is 5.19. The van der Waals surface area contributed by atoms with Gasteiger partial charge in [-0.25, -0.2) is 0 Å². The van der Waals surface area contributed by atoms with E-state index in [0.29, 0.717) is 0 Å². The van der Waals surface area contributed by atoms with Crippen LogP contribution in [0.4, 0.5) is 11.4 Å². The lowest BCUT2D eigenvalue weighted by atomic mass is 9.82. The van der Waals surface area contributed by atoms with Crippen LogP contribution in [0.25, 0.3) is 10.8 Å². The van der Waals surface area contributed by atoms with Gasteiger partial charge >= 0.3 is 0 Å². The van der Waals surface area contributed by atoms with E-state index in [1.807, 2.05) is 0 Å². The zero-order valence-corrected chi connectivity index (χ0v) is 13.8. The lowest BCUT2D eigenvalue weighted by Crippen LogP contribution is -2.64. The van der Waals surface area contributed by atoms with E-state index < -0.39 is 0 Å². The van der Waals surface area contributed by atoms with E-state index in [9.17, 15) is 0 Å². The fourth-order valence-corrected chi connectivity index (χ4v) is 4.93. The molecule has 1 aliphatic heterocycles. The number of hydrogen-bond acceptors (Lipinski definition) is 2. The molecular formula is C20H26N2. The van der Waals surface area contributed by atoms with Crippen molar-refractivity contribution < 1.29 is 0 Å². The summed E-state index contributed by atoms with van der Waals surface area (Å²) in [5, 5.41) is 2.82. The monoisotopic (exact) mass is 294 g/mol. The van der Waals surface area contributed by atoms with Crippen molar-refractivity contribution in [3.63, 3.8) is 0 Å². The van der Waals surface area contributed by atoms with Gasteiger partial charge in [0.05, 0.1) is 0 Å². The molecule has 2 aromatic carbocycles. The van der Waals surface area contributed by atoms with Crippen LogP contribution >= 0.6 is 0 Å². The summed E-state index contributed by atoms with van der Waals surface area (Å²) in [6.45, 7) is 6.81. The van der Waals surface area contributed by atoms with Crippen LogP contribution in [0.3, 0.4) is 0 Å². The molecule has 1 fully saturated rings. The van der Waals surface area contributed by atoms with Crippen LogP contribution in [0, 0.1) is 0 Å². The summed E-state index contributed by atoms with van der Waals surface area (Å²) in [6, 6.07) is 13.6. The molecule has 2 aromatic rings. The average Bonchev–Trinajstić information content (AvgIpc) is 2.57. The van der Waals surface area contributed by atoms with Crippen molar-refractivity contribution in [1.29, 1.82) is 0 Å². The zero-order valence-electron chi connectivity index (χ0n) is 13.8. The minimum Gasteiger partial charge on any atom is -0.348 e. The SMILES string of the molecule is CCN1c2cccc3cccc(c23)N(CC)C12CCCCC2. The van der Waals surface area contributed by atoms with Crippen molar-refractivity contribution in [1.82, 2.24) is 0 Å². The molecule has 0 saturated heterocycles. The number of hydrogen-bond donors (Lipinski definition) is 0. The van der Waals surface area contributed by atoms with Gasteiger partial charge in [0, 0.05) is 29.9 Å². The van der Waals surface area contributed by atoms with Crippen LogP contribution in [-0.2, 0) is 0 Å². The molecule has 0 bridgehead atoms. The summed E-state index contributed by atoms with van der Waals surface area (Å²) in [5.74, 6) is 0. The van der Waals surface area contributed by atoms with Gasteiger partial charge in [-0.3, -0.25) is 0 Å². The smallest absolute Gasteiger partial charge is 0.113 e. The molecule has 22 heavy (non-hydrogen) atoms. The van der Waals surface area contributed by atoms with E-state index in [2.05, 4.69) is 60.0 Å². The van der Waals surface area contributed by atoms with Crippen molar-refractivity contribution >= 4 is 22.1 Å². The normalized spacial score (nSPS) is 19.9. The predicted octanol–water partition coefficient (Wildman–Crippen LogP) is 5.17. The molecule has 0 unspecified atom stereocenters. The second-order valence-corrected chi connectivity index (χ2v) is 6.68. The first kappa shape index (κ1) is 13.9.